The maximum atomic E-state index is 12.2. The number of nitrogens with zero attached hydrogens (tertiary/aromatic N) is 1. The molecule has 2 atom stereocenters. The highest BCUT2D eigenvalue weighted by Gasteiger charge is 2.30. The van der Waals surface area contributed by atoms with Crippen LogP contribution in [0.1, 0.15) is 26.2 Å². The Morgan fingerprint density at radius 3 is 2.58 bits per heavy atom. The molecule has 1 aliphatic rings. The number of nitro benzene ring substituents is 1. The largest absolute Gasteiger partial charge is 0.289 e. The summed E-state index contributed by atoms with van der Waals surface area (Å²) in [5, 5.41) is 10.9. The van der Waals surface area contributed by atoms with Crippen molar-refractivity contribution >= 4 is 15.7 Å². The van der Waals surface area contributed by atoms with Gasteiger partial charge in [0.15, 0.2) is 4.90 Å². The first-order valence-corrected chi connectivity index (χ1v) is 7.64. The van der Waals surface area contributed by atoms with Gasteiger partial charge in [-0.3, -0.25) is 10.1 Å². The minimum Gasteiger partial charge on any atom is -0.258 e. The monoisotopic (exact) mass is 284 g/mol. The van der Waals surface area contributed by atoms with Crippen LogP contribution in [0.4, 0.5) is 5.69 Å². The van der Waals surface area contributed by atoms with Gasteiger partial charge in [0.25, 0.3) is 5.69 Å². The highest BCUT2D eigenvalue weighted by atomic mass is 32.2. The molecule has 2 unspecified atom stereocenters. The number of hydrogen-bond donors (Lipinski definition) is 1. The topological polar surface area (TPSA) is 89.3 Å². The summed E-state index contributed by atoms with van der Waals surface area (Å²) >= 11 is 0. The van der Waals surface area contributed by atoms with Gasteiger partial charge < -0.3 is 0 Å². The Morgan fingerprint density at radius 2 is 2.00 bits per heavy atom. The zero-order valence-electron chi connectivity index (χ0n) is 10.6. The molecule has 0 aliphatic heterocycles. The van der Waals surface area contributed by atoms with E-state index in [1.165, 1.54) is 24.3 Å². The number of benzene rings is 1. The van der Waals surface area contributed by atoms with Crippen LogP contribution in [0.25, 0.3) is 0 Å². The Labute approximate surface area is 112 Å². The average Bonchev–Trinajstić information content (AvgIpc) is 2.74. The first-order chi connectivity index (χ1) is 8.90. The van der Waals surface area contributed by atoms with E-state index in [1.54, 1.807) is 0 Å². The molecule has 1 N–H and O–H groups in total. The van der Waals surface area contributed by atoms with Crippen LogP contribution >= 0.6 is 0 Å². The minimum absolute atomic E-state index is 0.125. The quantitative estimate of drug-likeness (QED) is 0.677. The molecule has 7 heteroatoms. The van der Waals surface area contributed by atoms with Crippen molar-refractivity contribution in [2.75, 3.05) is 0 Å². The third-order valence-electron chi connectivity index (χ3n) is 3.37. The third-order valence-corrected chi connectivity index (χ3v) is 4.94. The second-order valence-corrected chi connectivity index (χ2v) is 6.64. The molecular formula is C12H16N2O4S. The van der Waals surface area contributed by atoms with Crippen LogP contribution in [0, 0.1) is 16.0 Å². The van der Waals surface area contributed by atoms with Crippen molar-refractivity contribution in [1.29, 1.82) is 0 Å². The van der Waals surface area contributed by atoms with Crippen LogP contribution in [0.5, 0.6) is 0 Å². The molecule has 1 aromatic carbocycles. The molecule has 0 spiro atoms. The minimum atomic E-state index is -3.83. The summed E-state index contributed by atoms with van der Waals surface area (Å²) in [7, 11) is -3.83. The predicted molar refractivity (Wildman–Crippen MR) is 70.2 cm³/mol. The Balaban J connectivity index is 2.27. The fraction of sp³-hybridized carbons (Fsp3) is 0.500. The van der Waals surface area contributed by atoms with Gasteiger partial charge in [0.1, 0.15) is 0 Å². The molecular weight excluding hydrogens is 268 g/mol. The normalized spacial score (nSPS) is 23.4. The molecule has 0 saturated heterocycles. The summed E-state index contributed by atoms with van der Waals surface area (Å²) in [4.78, 5) is 9.93. The summed E-state index contributed by atoms with van der Waals surface area (Å²) < 4.78 is 27.0. The number of sulfonamides is 1. The molecule has 19 heavy (non-hydrogen) atoms. The van der Waals surface area contributed by atoms with E-state index >= 15 is 0 Å². The van der Waals surface area contributed by atoms with E-state index in [2.05, 4.69) is 11.6 Å². The van der Waals surface area contributed by atoms with Crippen molar-refractivity contribution in [3.8, 4) is 0 Å². The van der Waals surface area contributed by atoms with E-state index in [-0.39, 0.29) is 16.6 Å². The smallest absolute Gasteiger partial charge is 0.258 e. The second kappa shape index (κ2) is 5.26. The Bertz CT molecular complexity index is 585. The predicted octanol–water partition coefficient (Wildman–Crippen LogP) is 2.06. The van der Waals surface area contributed by atoms with Crippen LogP contribution in [0.15, 0.2) is 29.2 Å². The van der Waals surface area contributed by atoms with Gasteiger partial charge in [-0.2, -0.15) is 0 Å². The van der Waals surface area contributed by atoms with E-state index in [0.717, 1.165) is 19.3 Å². The van der Waals surface area contributed by atoms with Gasteiger partial charge in [0.2, 0.25) is 10.0 Å². The highest BCUT2D eigenvalue weighted by molar-refractivity contribution is 7.89. The number of para-hydroxylation sites is 1. The van der Waals surface area contributed by atoms with Crippen molar-refractivity contribution in [2.24, 2.45) is 5.92 Å². The van der Waals surface area contributed by atoms with Crippen molar-refractivity contribution < 1.29 is 13.3 Å². The molecule has 1 saturated carbocycles. The zero-order valence-corrected chi connectivity index (χ0v) is 11.4. The van der Waals surface area contributed by atoms with Crippen molar-refractivity contribution in [3.05, 3.63) is 34.4 Å². The molecule has 1 fully saturated rings. The first kappa shape index (κ1) is 14.0. The summed E-state index contributed by atoms with van der Waals surface area (Å²) in [5.74, 6) is 0.485. The lowest BCUT2D eigenvalue weighted by Crippen LogP contribution is -2.33. The molecule has 6 nitrogen and oxygen atoms in total. The van der Waals surface area contributed by atoms with Gasteiger partial charge in [0.05, 0.1) is 4.92 Å². The number of hydrogen-bond acceptors (Lipinski definition) is 4. The van der Waals surface area contributed by atoms with Crippen LogP contribution < -0.4 is 4.72 Å². The average molecular weight is 284 g/mol. The van der Waals surface area contributed by atoms with Gasteiger partial charge in [-0.15, -0.1) is 0 Å². The van der Waals surface area contributed by atoms with Gasteiger partial charge >= 0.3 is 0 Å². The molecule has 1 aliphatic carbocycles. The molecule has 1 aromatic rings. The maximum Gasteiger partial charge on any atom is 0.289 e. The lowest BCUT2D eigenvalue weighted by Gasteiger charge is -2.12. The van der Waals surface area contributed by atoms with Crippen molar-refractivity contribution in [1.82, 2.24) is 4.72 Å². The molecule has 0 radical (unpaired) electrons. The summed E-state index contributed by atoms with van der Waals surface area (Å²) in [6, 6.07) is 5.28. The number of nitro groups is 1. The molecule has 0 amide bonds. The summed E-state index contributed by atoms with van der Waals surface area (Å²) in [5.41, 5.74) is -0.388. The van der Waals surface area contributed by atoms with E-state index in [4.69, 9.17) is 0 Å². The van der Waals surface area contributed by atoms with Crippen molar-refractivity contribution in [2.45, 2.75) is 37.1 Å². The van der Waals surface area contributed by atoms with Crippen molar-refractivity contribution in [3.63, 3.8) is 0 Å². The zero-order chi connectivity index (χ0) is 14.0. The lowest BCUT2D eigenvalue weighted by molar-refractivity contribution is -0.387. The maximum absolute atomic E-state index is 12.2. The molecule has 104 valence electrons. The molecule has 0 heterocycles. The van der Waals surface area contributed by atoms with Gasteiger partial charge in [-0.1, -0.05) is 19.1 Å². The van der Waals surface area contributed by atoms with E-state index < -0.39 is 14.9 Å². The summed E-state index contributed by atoms with van der Waals surface area (Å²) in [6.45, 7) is 2.07. The molecule has 0 aromatic heterocycles. The first-order valence-electron chi connectivity index (χ1n) is 6.16. The van der Waals surface area contributed by atoms with Crippen LogP contribution in [0.3, 0.4) is 0 Å². The third kappa shape index (κ3) is 3.10. The standard InChI is InChI=1S/C12H16N2O4S/c1-9-6-7-10(8-9)13-19(17,18)12-5-3-2-4-11(12)14(15)16/h2-5,9-10,13H,6-8H2,1H3. The Hall–Kier alpha value is -1.47. The second-order valence-electron chi connectivity index (χ2n) is 4.96. The Morgan fingerprint density at radius 1 is 1.32 bits per heavy atom. The SMILES string of the molecule is CC1CCC(NS(=O)(=O)c2ccccc2[N+](=O)[O-])C1. The number of rotatable bonds is 4. The Kier molecular flexibility index (Phi) is 3.86. The van der Waals surface area contributed by atoms with E-state index in [0.29, 0.717) is 5.92 Å². The molecule has 0 bridgehead atoms. The number of nitrogens with one attached hydrogen (secondary N) is 1. The van der Waals surface area contributed by atoms with Gasteiger partial charge in [0, 0.05) is 12.1 Å². The van der Waals surface area contributed by atoms with E-state index in [1.807, 2.05) is 0 Å². The van der Waals surface area contributed by atoms with Crippen LogP contribution in [-0.2, 0) is 10.0 Å². The van der Waals surface area contributed by atoms with E-state index in [9.17, 15) is 18.5 Å². The van der Waals surface area contributed by atoms with Crippen LogP contribution in [0.2, 0.25) is 0 Å². The van der Waals surface area contributed by atoms with Crippen LogP contribution in [-0.4, -0.2) is 19.4 Å². The highest BCUT2D eigenvalue weighted by Crippen LogP contribution is 2.28. The molecule has 2 rings (SSSR count). The summed E-state index contributed by atoms with van der Waals surface area (Å²) in [6.07, 6.45) is 2.53. The lowest BCUT2D eigenvalue weighted by atomic mass is 10.1. The van der Waals surface area contributed by atoms with Gasteiger partial charge in [-0.25, -0.2) is 13.1 Å². The van der Waals surface area contributed by atoms with Gasteiger partial charge in [-0.05, 0) is 31.2 Å². The fourth-order valence-corrected chi connectivity index (χ4v) is 3.89. The fourth-order valence-electron chi connectivity index (χ4n) is 2.43.